The minimum atomic E-state index is -3.20. The first-order valence-electron chi connectivity index (χ1n) is 40.4. The Kier molecular flexibility index (Phi) is 26.4. The van der Waals surface area contributed by atoms with Crippen molar-refractivity contribution in [3.8, 4) is 6.07 Å². The molecule has 13 rings (SSSR count). The molecule has 5 fully saturated rings. The van der Waals surface area contributed by atoms with Gasteiger partial charge in [-0.15, -0.1) is 0 Å². The molecule has 1 saturated carbocycles. The first-order chi connectivity index (χ1) is 50.4. The molecule has 107 heavy (non-hydrogen) atoms. The van der Waals surface area contributed by atoms with Crippen molar-refractivity contribution < 1.29 is 47.6 Å². The smallest absolute Gasteiger partial charge is 0.410 e. The third-order valence-electron chi connectivity index (χ3n) is 24.7. The summed E-state index contributed by atoms with van der Waals surface area (Å²) in [6, 6.07) is 36.9. The molecule has 4 saturated heterocycles. The lowest BCUT2D eigenvalue weighted by Gasteiger charge is -2.47. The van der Waals surface area contributed by atoms with Crippen LogP contribution in [0.15, 0.2) is 97.1 Å². The highest BCUT2D eigenvalue weighted by Gasteiger charge is 2.49. The van der Waals surface area contributed by atoms with Crippen molar-refractivity contribution in [2.45, 2.75) is 282 Å². The van der Waals surface area contributed by atoms with Gasteiger partial charge >= 0.3 is 12.2 Å². The molecule has 4 aromatic rings. The molecule has 18 nitrogen and oxygen atoms in total. The first-order valence-corrected chi connectivity index (χ1v) is 42.3. The highest BCUT2D eigenvalue weighted by atomic mass is 32.2. The number of hydrogen-bond donors (Lipinski definition) is 4. The Morgan fingerprint density at radius 2 is 0.822 bits per heavy atom. The number of nitriles is 1. The van der Waals surface area contributed by atoms with Crippen molar-refractivity contribution in [3.05, 3.63) is 142 Å². The molecule has 19 heteroatoms. The summed E-state index contributed by atoms with van der Waals surface area (Å²) in [4.78, 5) is 69.1. The fourth-order valence-electron chi connectivity index (χ4n) is 18.6. The van der Waals surface area contributed by atoms with Gasteiger partial charge in [-0.3, -0.25) is 14.4 Å². The molecule has 9 aliphatic rings. The van der Waals surface area contributed by atoms with E-state index in [4.69, 9.17) is 14.7 Å². The average molecular weight is 1500 g/mol. The molecule has 0 bridgehead atoms. The molecule has 4 aromatic carbocycles. The molecule has 4 atom stereocenters. The molecule has 4 N–H and O–H groups in total. The summed E-state index contributed by atoms with van der Waals surface area (Å²) in [5.74, 6) is 0.506. The monoisotopic (exact) mass is 1500 g/mol. The van der Waals surface area contributed by atoms with Gasteiger partial charge < -0.3 is 45.0 Å². The predicted molar refractivity (Wildman–Crippen MR) is 433 cm³/mol. The van der Waals surface area contributed by atoms with Gasteiger partial charge in [-0.05, 0) is 289 Å². The Balaban J connectivity index is 0.000000228. The lowest BCUT2D eigenvalue weighted by molar-refractivity contribution is -0.123. The number of likely N-dealkylation sites (tertiary alicyclic amines) is 4. The number of carbonyl (C=O) groups is 5. The summed E-state index contributed by atoms with van der Waals surface area (Å²) in [5, 5.41) is 18.7. The van der Waals surface area contributed by atoms with Gasteiger partial charge in [-0.1, -0.05) is 124 Å². The van der Waals surface area contributed by atoms with Crippen LogP contribution in [0, 0.1) is 28.1 Å². The van der Waals surface area contributed by atoms with E-state index in [9.17, 15) is 32.4 Å². The summed E-state index contributed by atoms with van der Waals surface area (Å²) < 4.78 is 37.4. The average Bonchev–Trinajstić information content (AvgIpc) is 1.71. The standard InChI is InChI=1S/C24H35N3O.C22H30N2O3.C21H30N2O3.C21H34N2O2S.4H2/c1-19(28)26-22-10-12-24(21-9-5-4-8-20(21)22)13-16-27(17-14-24)15-7-6-11-23(2,3)18-25;1-21(2,3)27-20(26)24-12-10-22(11-13-24)14-18(23-19(25)15-8-9-15)16-6-4-5-7-17(16)22;1-15(24)22-18-9-10-21(17-8-6-5-7-16(17)18)11-13-23(14-12-21)19(25)26-20(2,3)4;1-20(2,3)11-14-23-15-12-21(13-16-23)10-9-19(22-26(4,24)25)17-7-5-6-8-18(17)21;;;;/h4-5,8-9,22H,6-7,10-17H2,1-3H3,(H,26,28);4-7,15,18H,8-14H2,1-3H3,(H,23,25);5-8,18H,9-14H2,1-4H3,(H,22,24);5-8,19,22H,9-16H2,1-4H3;4*1H/t22-;2*18-;19-;;;;/m0010..../s1. The Morgan fingerprint density at radius 3 is 1.20 bits per heavy atom. The Bertz CT molecular complexity index is 3910. The van der Waals surface area contributed by atoms with E-state index in [1.54, 1.807) is 13.8 Å². The van der Waals surface area contributed by atoms with Crippen LogP contribution < -0.4 is 20.7 Å². The summed E-state index contributed by atoms with van der Waals surface area (Å²) in [6.07, 6.45) is 23.0. The van der Waals surface area contributed by atoms with Gasteiger partial charge in [0.05, 0.1) is 35.9 Å². The third-order valence-corrected chi connectivity index (χ3v) is 25.4. The highest BCUT2D eigenvalue weighted by Crippen LogP contribution is 2.54. The van der Waals surface area contributed by atoms with Crippen LogP contribution in [0.4, 0.5) is 9.59 Å². The van der Waals surface area contributed by atoms with E-state index in [0.717, 1.165) is 123 Å². The molecular weight excluding hydrogens is 1360 g/mol. The van der Waals surface area contributed by atoms with Crippen molar-refractivity contribution >= 4 is 39.9 Å². The number of fused-ring (bicyclic) bond motifs is 8. The maximum Gasteiger partial charge on any atom is 0.410 e. The number of carbonyl (C=O) groups excluding carboxylic acids is 5. The van der Waals surface area contributed by atoms with Gasteiger partial charge in [0.2, 0.25) is 27.7 Å². The summed E-state index contributed by atoms with van der Waals surface area (Å²) in [6.45, 7) is 35.3. The lowest BCUT2D eigenvalue weighted by atomic mass is 9.63. The third kappa shape index (κ3) is 21.8. The zero-order chi connectivity index (χ0) is 77.4. The number of ether oxygens (including phenoxy) is 2. The molecule has 0 unspecified atom stereocenters. The number of amides is 5. The summed E-state index contributed by atoms with van der Waals surface area (Å²) >= 11 is 0. The van der Waals surface area contributed by atoms with Crippen molar-refractivity contribution in [1.29, 1.82) is 5.26 Å². The van der Waals surface area contributed by atoms with Gasteiger partial charge in [-0.2, -0.15) is 5.26 Å². The number of rotatable bonds is 13. The zero-order valence-electron chi connectivity index (χ0n) is 67.4. The second kappa shape index (κ2) is 34.2. The van der Waals surface area contributed by atoms with Crippen molar-refractivity contribution in [1.82, 2.24) is 40.3 Å². The van der Waals surface area contributed by atoms with Crippen LogP contribution >= 0.6 is 0 Å². The number of hydrogen-bond acceptors (Lipinski definition) is 12. The maximum absolute atomic E-state index is 12.4. The van der Waals surface area contributed by atoms with Crippen LogP contribution in [0.3, 0.4) is 0 Å². The molecular formula is C88H137N9O9S. The quantitative estimate of drug-likeness (QED) is 0.0918. The fourth-order valence-corrected chi connectivity index (χ4v) is 19.4. The van der Waals surface area contributed by atoms with E-state index < -0.39 is 21.2 Å². The molecule has 0 aromatic heterocycles. The number of piperidine rings is 4. The normalized spacial score (nSPS) is 22.8. The van der Waals surface area contributed by atoms with E-state index in [-0.39, 0.29) is 92.8 Å². The number of nitrogens with zero attached hydrogens (tertiary/aromatic N) is 5. The van der Waals surface area contributed by atoms with Crippen LogP contribution in [0.1, 0.15) is 299 Å². The molecule has 0 radical (unpaired) electrons. The van der Waals surface area contributed by atoms with E-state index in [2.05, 4.69) is 142 Å². The minimum Gasteiger partial charge on any atom is -0.444 e. The van der Waals surface area contributed by atoms with Crippen molar-refractivity contribution in [3.63, 3.8) is 0 Å². The highest BCUT2D eigenvalue weighted by molar-refractivity contribution is 7.88. The lowest BCUT2D eigenvalue weighted by Crippen LogP contribution is -2.49. The van der Waals surface area contributed by atoms with Crippen LogP contribution in [-0.2, 0) is 55.5 Å². The Labute approximate surface area is 647 Å². The van der Waals surface area contributed by atoms with Gasteiger partial charge in [0.25, 0.3) is 0 Å². The topological polar surface area (TPSA) is 223 Å². The number of sulfonamides is 1. The summed E-state index contributed by atoms with van der Waals surface area (Å²) in [5.41, 5.74) is 10.5. The second-order valence-electron chi connectivity index (χ2n) is 37.0. The number of unbranched alkanes of at least 4 members (excludes halogenated alkanes) is 1. The molecule has 4 aliphatic heterocycles. The molecule has 594 valence electrons. The van der Waals surface area contributed by atoms with E-state index in [1.807, 2.05) is 77.3 Å². The van der Waals surface area contributed by atoms with Gasteiger partial charge in [0.1, 0.15) is 11.2 Å². The fraction of sp³-hybridized carbons (Fsp3) is 0.659. The Hall–Kier alpha value is -6.85. The van der Waals surface area contributed by atoms with E-state index in [0.29, 0.717) is 31.6 Å². The van der Waals surface area contributed by atoms with Crippen LogP contribution in [0.5, 0.6) is 0 Å². The van der Waals surface area contributed by atoms with Crippen LogP contribution in [-0.4, -0.2) is 141 Å². The minimum absolute atomic E-state index is 0. The van der Waals surface area contributed by atoms with E-state index >= 15 is 0 Å². The van der Waals surface area contributed by atoms with Gasteiger partial charge in [-0.25, -0.2) is 22.7 Å². The second-order valence-corrected chi connectivity index (χ2v) is 38.7. The van der Waals surface area contributed by atoms with E-state index in [1.165, 1.54) is 102 Å². The molecule has 5 amide bonds. The van der Waals surface area contributed by atoms with Gasteiger partial charge in [0.15, 0.2) is 0 Å². The zero-order valence-corrected chi connectivity index (χ0v) is 68.2. The van der Waals surface area contributed by atoms with Crippen molar-refractivity contribution in [2.24, 2.45) is 16.7 Å². The predicted octanol–water partition coefficient (Wildman–Crippen LogP) is 17.4. The Morgan fingerprint density at radius 1 is 0.467 bits per heavy atom. The largest absolute Gasteiger partial charge is 0.444 e. The SMILES string of the molecule is CC(=O)N[C@@H]1CCC2(CCN(C(=O)OC(C)(C)C)CC2)c2ccccc21.CC(=O)N[C@H]1CCC2(CCN(CCCCC(C)(C)C#N)CC2)c2ccccc21.CC(C)(C)CCN1CCC2(CC[C@H](NS(C)(=O)=O)c3ccccc32)CC1.CC(C)(C)OC(=O)N1CCC2(CC1)C[C@H](NC(=O)C1CC1)c1ccccc12.[HH].[HH].[HH].[HH]. The van der Waals surface area contributed by atoms with Gasteiger partial charge in [0, 0.05) is 63.1 Å². The maximum atomic E-state index is 12.4. The molecule has 4 heterocycles. The first kappa shape index (κ1) is 82.6. The molecule has 4 spiro atoms. The van der Waals surface area contributed by atoms with Crippen molar-refractivity contribution in [2.75, 3.05) is 71.7 Å². The number of nitrogens with one attached hydrogen (secondary N) is 4. The summed E-state index contributed by atoms with van der Waals surface area (Å²) in [7, 11) is -3.20. The van der Waals surface area contributed by atoms with Crippen LogP contribution in [0.25, 0.3) is 0 Å². The van der Waals surface area contributed by atoms with Crippen LogP contribution in [0.2, 0.25) is 0 Å². The molecule has 5 aliphatic carbocycles. The number of benzene rings is 4.